The third-order valence-electron chi connectivity index (χ3n) is 6.39. The lowest BCUT2D eigenvalue weighted by atomic mass is 9.91. The first-order valence-electron chi connectivity index (χ1n) is 12.8. The number of carbonyl (C=O) groups excluding carboxylic acids is 3. The maximum atomic E-state index is 13.4. The van der Waals surface area contributed by atoms with E-state index in [1.165, 1.54) is 0 Å². The lowest BCUT2D eigenvalue weighted by Crippen LogP contribution is -2.78. The lowest BCUT2D eigenvalue weighted by molar-refractivity contribution is -0.314. The van der Waals surface area contributed by atoms with Crippen LogP contribution >= 0.6 is 11.6 Å². The van der Waals surface area contributed by atoms with Crippen molar-refractivity contribution < 1.29 is 28.9 Å². The number of hydrogen-bond acceptors (Lipinski definition) is 7. The first kappa shape index (κ1) is 29.6. The molecule has 2 amide bonds. The number of nitrogens with zero attached hydrogens (tertiary/aromatic N) is 4. The van der Waals surface area contributed by atoms with Crippen molar-refractivity contribution in [3.63, 3.8) is 0 Å². The van der Waals surface area contributed by atoms with Crippen molar-refractivity contribution in [2.24, 2.45) is 5.11 Å². The Morgan fingerprint density at radius 2 is 1.46 bits per heavy atom. The van der Waals surface area contributed by atoms with Crippen molar-refractivity contribution in [2.75, 3.05) is 13.2 Å². The molecule has 4 rings (SSSR count). The Kier molecular flexibility index (Phi) is 10.3. The summed E-state index contributed by atoms with van der Waals surface area (Å²) in [5, 5.41) is 6.24. The minimum atomic E-state index is -2.18. The third kappa shape index (κ3) is 7.62. The number of benzene rings is 3. The predicted molar refractivity (Wildman–Crippen MR) is 149 cm³/mol. The molecule has 2 unspecified atom stereocenters. The topological polar surface area (TPSA) is 143 Å². The van der Waals surface area contributed by atoms with Crippen molar-refractivity contribution in [1.29, 1.82) is 0 Å². The van der Waals surface area contributed by atoms with Gasteiger partial charge >= 0.3 is 5.97 Å². The molecule has 41 heavy (non-hydrogen) atoms. The Labute approximate surface area is 241 Å². The molecule has 212 valence electrons. The molecule has 1 saturated heterocycles. The molecule has 0 radical (unpaired) electrons. The molecule has 1 aliphatic rings. The van der Waals surface area contributed by atoms with E-state index >= 15 is 0 Å². The highest BCUT2D eigenvalue weighted by atomic mass is 35.5. The van der Waals surface area contributed by atoms with E-state index in [0.29, 0.717) is 5.56 Å². The van der Waals surface area contributed by atoms with Gasteiger partial charge < -0.3 is 15.0 Å². The van der Waals surface area contributed by atoms with Crippen molar-refractivity contribution in [1.82, 2.24) is 10.2 Å². The van der Waals surface area contributed by atoms with Crippen LogP contribution in [0.15, 0.2) is 96.1 Å². The highest BCUT2D eigenvalue weighted by Crippen LogP contribution is 2.35. The van der Waals surface area contributed by atoms with Crippen molar-refractivity contribution >= 4 is 29.4 Å². The maximum Gasteiger partial charge on any atom is 0.350 e. The van der Waals surface area contributed by atoms with Gasteiger partial charge in [-0.15, -0.1) is 0 Å². The summed E-state index contributed by atoms with van der Waals surface area (Å²) in [6.45, 7) is -0.914. The van der Waals surface area contributed by atoms with Crippen LogP contribution in [0.2, 0.25) is 0 Å². The van der Waals surface area contributed by atoms with Gasteiger partial charge in [-0.3, -0.25) is 9.59 Å². The average molecular weight is 578 g/mol. The van der Waals surface area contributed by atoms with Crippen LogP contribution in [0.4, 0.5) is 0 Å². The molecule has 0 aromatic heterocycles. The number of azide groups is 1. The molecule has 3 atom stereocenters. The summed E-state index contributed by atoms with van der Waals surface area (Å²) < 4.78 is 5.47. The van der Waals surface area contributed by atoms with E-state index in [1.807, 2.05) is 42.5 Å². The molecule has 0 saturated carbocycles. The molecule has 3 aromatic carbocycles. The summed E-state index contributed by atoms with van der Waals surface area (Å²) in [5.74, 6) is -2.06. The second-order valence-electron chi connectivity index (χ2n) is 9.23. The molecule has 11 nitrogen and oxygen atoms in total. The van der Waals surface area contributed by atoms with Gasteiger partial charge in [0.05, 0.1) is 12.5 Å². The van der Waals surface area contributed by atoms with Crippen LogP contribution in [0.25, 0.3) is 10.4 Å². The van der Waals surface area contributed by atoms with Gasteiger partial charge in [-0.25, -0.2) is 14.6 Å². The van der Waals surface area contributed by atoms with Crippen LogP contribution in [0, 0.1) is 0 Å². The molecule has 12 heteroatoms. The average Bonchev–Trinajstić information content (AvgIpc) is 3.00. The van der Waals surface area contributed by atoms with Crippen molar-refractivity contribution in [3.8, 4) is 0 Å². The molecule has 3 aromatic rings. The Morgan fingerprint density at radius 1 is 0.902 bits per heavy atom. The summed E-state index contributed by atoms with van der Waals surface area (Å²) in [7, 11) is 0. The summed E-state index contributed by atoms with van der Waals surface area (Å²) in [6.07, 6.45) is 0.0282. The Morgan fingerprint density at radius 3 is 2.05 bits per heavy atom. The number of amides is 2. The number of likely N-dealkylation sites (tertiary alicyclic amines) is 1. The minimum absolute atomic E-state index is 0.0282. The molecule has 0 spiro atoms. The van der Waals surface area contributed by atoms with Gasteiger partial charge in [0, 0.05) is 11.5 Å². The Hall–Kier alpha value is -4.41. The van der Waals surface area contributed by atoms with E-state index in [2.05, 4.69) is 15.3 Å². The number of hydrogen-bond donors (Lipinski definition) is 1. The van der Waals surface area contributed by atoms with Gasteiger partial charge in [-0.2, -0.15) is 0 Å². The first-order chi connectivity index (χ1) is 19.9. The highest BCUT2D eigenvalue weighted by Gasteiger charge is 2.60. The molecule has 1 heterocycles. The maximum absolute atomic E-state index is 13.4. The normalized spacial score (nSPS) is 17.5. The largest absolute Gasteiger partial charge is 0.458 e. The number of ether oxygens (including phenoxy) is 1. The lowest BCUT2D eigenvalue weighted by Gasteiger charge is -2.52. The van der Waals surface area contributed by atoms with E-state index in [-0.39, 0.29) is 26.2 Å². The van der Waals surface area contributed by atoms with Crippen LogP contribution in [0.5, 0.6) is 0 Å². The van der Waals surface area contributed by atoms with Gasteiger partial charge in [0.15, 0.2) is 0 Å². The fraction of sp³-hybridized carbons (Fsp3) is 0.276. The molecule has 1 N–H and O–H groups in total. The van der Waals surface area contributed by atoms with Crippen LogP contribution in [0.3, 0.4) is 0 Å². The molecule has 1 fully saturated rings. The summed E-state index contributed by atoms with van der Waals surface area (Å²) >= 11 is 6.82. The van der Waals surface area contributed by atoms with E-state index in [0.717, 1.165) is 16.0 Å². The van der Waals surface area contributed by atoms with Crippen molar-refractivity contribution in [2.45, 2.75) is 36.7 Å². The van der Waals surface area contributed by atoms with E-state index < -0.39 is 41.5 Å². The van der Waals surface area contributed by atoms with Crippen LogP contribution in [-0.4, -0.2) is 52.9 Å². The summed E-state index contributed by atoms with van der Waals surface area (Å²) in [4.78, 5) is 51.7. The standard InChI is InChI=1S/C29H28ClN5O6/c30-29(20-41-40-19-23-14-8-3-9-15-23,28(38)39-18-22-12-6-2-7-13-22)35-24(17-32-34-31)26(27(35)37)33-25(36)16-21-10-4-1-5-11-21/h1-15,24,26H,16-20H2,(H,33,36)/t24-,26?,29?/m1/s1. The number of esters is 1. The van der Waals surface area contributed by atoms with Gasteiger partial charge in [0.25, 0.3) is 0 Å². The van der Waals surface area contributed by atoms with E-state index in [4.69, 9.17) is 31.6 Å². The van der Waals surface area contributed by atoms with Gasteiger partial charge in [0.2, 0.25) is 16.8 Å². The Bertz CT molecular complexity index is 1370. The third-order valence-corrected chi connectivity index (χ3v) is 6.83. The van der Waals surface area contributed by atoms with E-state index in [1.54, 1.807) is 48.5 Å². The van der Waals surface area contributed by atoms with E-state index in [9.17, 15) is 14.4 Å². The number of nitrogens with one attached hydrogen (secondary N) is 1. The SMILES string of the molecule is [N-]=[N+]=NC[C@@H]1C(NC(=O)Cc2ccccc2)C(=O)N1C(Cl)(COOCc1ccccc1)C(=O)OCc1ccccc1. The van der Waals surface area contributed by atoms with Crippen molar-refractivity contribution in [3.05, 3.63) is 118 Å². The fourth-order valence-corrected chi connectivity index (χ4v) is 4.63. The number of β-lactam (4-membered cyclic amide) rings is 1. The second kappa shape index (κ2) is 14.3. The first-order valence-corrected chi connectivity index (χ1v) is 13.2. The van der Waals surface area contributed by atoms with Crippen LogP contribution in [-0.2, 0) is 48.5 Å². The van der Waals surface area contributed by atoms with Crippen LogP contribution < -0.4 is 5.32 Å². The molecule has 0 aliphatic carbocycles. The molecular weight excluding hydrogens is 550 g/mol. The minimum Gasteiger partial charge on any atom is -0.458 e. The monoisotopic (exact) mass is 577 g/mol. The number of alkyl halides is 1. The Balaban J connectivity index is 1.50. The quantitative estimate of drug-likeness (QED) is 0.0292. The molecular formula is C29H28ClN5O6. The highest BCUT2D eigenvalue weighted by molar-refractivity contribution is 6.35. The molecule has 0 bridgehead atoms. The summed E-state index contributed by atoms with van der Waals surface area (Å²) in [6, 6.07) is 25.0. The van der Waals surface area contributed by atoms with Gasteiger partial charge in [0.1, 0.15) is 25.9 Å². The zero-order valence-electron chi connectivity index (χ0n) is 22.0. The zero-order valence-corrected chi connectivity index (χ0v) is 22.7. The fourth-order valence-electron chi connectivity index (χ4n) is 4.32. The number of carbonyl (C=O) groups is 3. The number of halogens is 1. The van der Waals surface area contributed by atoms with Crippen LogP contribution in [0.1, 0.15) is 16.7 Å². The predicted octanol–water partition coefficient (Wildman–Crippen LogP) is 4.06. The van der Waals surface area contributed by atoms with Gasteiger partial charge in [-0.1, -0.05) is 108 Å². The number of rotatable bonds is 14. The second-order valence-corrected chi connectivity index (χ2v) is 9.85. The smallest absolute Gasteiger partial charge is 0.350 e. The summed E-state index contributed by atoms with van der Waals surface area (Å²) in [5.41, 5.74) is 11.2. The zero-order chi connectivity index (χ0) is 29.1. The molecule has 1 aliphatic heterocycles. The van der Waals surface area contributed by atoms with Gasteiger partial charge in [-0.05, 0) is 22.2 Å².